The summed E-state index contributed by atoms with van der Waals surface area (Å²) >= 11 is 6.46. The average molecular weight is 821 g/mol. The second kappa shape index (κ2) is 16.8. The van der Waals surface area contributed by atoms with Gasteiger partial charge in [0.25, 0.3) is 12.3 Å². The van der Waals surface area contributed by atoms with Crippen LogP contribution < -0.4 is 10.6 Å². The van der Waals surface area contributed by atoms with Gasteiger partial charge in [0.1, 0.15) is 24.2 Å². The number of aromatic nitrogens is 4. The highest BCUT2D eigenvalue weighted by molar-refractivity contribution is 6.32. The van der Waals surface area contributed by atoms with Gasteiger partial charge in [-0.1, -0.05) is 62.6 Å². The molecule has 58 heavy (non-hydrogen) atoms. The Morgan fingerprint density at radius 2 is 1.76 bits per heavy atom. The first-order chi connectivity index (χ1) is 27.4. The third-order valence-corrected chi connectivity index (χ3v) is 9.66. The molecule has 0 spiro atoms. The van der Waals surface area contributed by atoms with E-state index in [0.29, 0.717) is 23.0 Å². The first-order valence-corrected chi connectivity index (χ1v) is 18.5. The van der Waals surface area contributed by atoms with Crippen molar-refractivity contribution in [2.75, 3.05) is 13.2 Å². The third kappa shape index (κ3) is 9.71. The molecule has 6 rings (SSSR count). The van der Waals surface area contributed by atoms with Gasteiger partial charge in [0.15, 0.2) is 11.8 Å². The highest BCUT2D eigenvalue weighted by atomic mass is 35.5. The molecule has 1 saturated carbocycles. The van der Waals surface area contributed by atoms with Gasteiger partial charge in [-0.2, -0.15) is 18.3 Å². The fourth-order valence-corrected chi connectivity index (χ4v) is 6.16. The number of rotatable bonds is 10. The van der Waals surface area contributed by atoms with E-state index in [4.69, 9.17) is 16.3 Å². The minimum absolute atomic E-state index is 0.0412. The maximum absolute atomic E-state index is 14.7. The number of hydrogen-bond acceptors (Lipinski definition) is 7. The number of ether oxygens (including phenoxy) is 1. The topological polar surface area (TPSA) is 138 Å². The molecule has 1 aliphatic rings. The minimum Gasteiger partial charge on any atom is -0.447 e. The Hall–Kier alpha value is -6.08. The first kappa shape index (κ1) is 41.6. The van der Waals surface area contributed by atoms with Crippen LogP contribution in [0.2, 0.25) is 5.02 Å². The SMILES string of the molecule is CC(C)(C)CCNC(=N)N(C(=O)c1ccc2nc(C#Cc3ccccc3)ccc2c1)[C@H](COC(=O)NC1(C(F)(F)F)CC1)c1ccc(Cl)c(-n2ncnc2C(F)F)c1. The van der Waals surface area contributed by atoms with Crippen molar-refractivity contribution in [2.24, 2.45) is 5.41 Å². The molecule has 11 nitrogen and oxygen atoms in total. The van der Waals surface area contributed by atoms with Crippen LogP contribution >= 0.6 is 11.6 Å². The Kier molecular flexibility index (Phi) is 12.0. The van der Waals surface area contributed by atoms with Gasteiger partial charge in [-0.25, -0.2) is 28.2 Å². The van der Waals surface area contributed by atoms with E-state index in [1.54, 1.807) is 24.3 Å². The van der Waals surface area contributed by atoms with Crippen LogP contribution in [-0.2, 0) is 4.74 Å². The molecule has 0 bridgehead atoms. The lowest BCUT2D eigenvalue weighted by Crippen LogP contribution is -2.50. The third-order valence-electron chi connectivity index (χ3n) is 9.34. The van der Waals surface area contributed by atoms with E-state index in [-0.39, 0.29) is 46.6 Å². The number of carbonyl (C=O) groups is 2. The summed E-state index contributed by atoms with van der Waals surface area (Å²) in [5.74, 6) is 4.13. The number of benzene rings is 3. The normalized spacial score (nSPS) is 14.0. The fourth-order valence-electron chi connectivity index (χ4n) is 5.96. The molecular formula is C41H38ClF5N8O3. The molecule has 3 N–H and O–H groups in total. The van der Waals surface area contributed by atoms with Gasteiger partial charge in [0.2, 0.25) is 0 Å². The second-order valence-electron chi connectivity index (χ2n) is 14.8. The van der Waals surface area contributed by atoms with Crippen molar-refractivity contribution in [2.45, 2.75) is 64.2 Å². The predicted molar refractivity (Wildman–Crippen MR) is 207 cm³/mol. The van der Waals surface area contributed by atoms with E-state index in [1.807, 2.05) is 56.4 Å². The van der Waals surface area contributed by atoms with Crippen LogP contribution in [0.15, 0.2) is 85.2 Å². The maximum Gasteiger partial charge on any atom is 0.411 e. The molecule has 0 aliphatic heterocycles. The lowest BCUT2D eigenvalue weighted by Gasteiger charge is -2.33. The van der Waals surface area contributed by atoms with Crippen molar-refractivity contribution in [1.82, 2.24) is 35.3 Å². The fraction of sp³-hybridized carbons (Fsp3) is 0.317. The Balaban J connectivity index is 1.40. The zero-order valence-electron chi connectivity index (χ0n) is 31.5. The number of amides is 2. The predicted octanol–water partition coefficient (Wildman–Crippen LogP) is 8.77. The zero-order valence-corrected chi connectivity index (χ0v) is 32.3. The number of alkyl carbamates (subject to hydrolysis) is 1. The average Bonchev–Trinajstić information content (AvgIpc) is 3.80. The Labute approximate surface area is 335 Å². The first-order valence-electron chi connectivity index (χ1n) is 18.1. The lowest BCUT2D eigenvalue weighted by atomic mass is 9.92. The van der Waals surface area contributed by atoms with Gasteiger partial charge < -0.3 is 15.4 Å². The summed E-state index contributed by atoms with van der Waals surface area (Å²) in [7, 11) is 0. The standard InChI is InChI=1S/C41H38ClF5N8O3/c1-39(2,3)19-20-49-37(48)54(36(56)28-12-16-31-26(21-28)10-14-29(52-31)13-9-25-7-5-4-6-8-25)33(23-58-38(57)53-40(17-18-40)41(45,46)47)27-11-15-30(42)32(22-27)55-35(34(43)44)50-24-51-55/h4-8,10-12,14-16,21-22,24,33-34H,17-20,23H2,1-3H3,(H2,48,49)(H,53,57)/t33-/m1/s1. The van der Waals surface area contributed by atoms with Gasteiger partial charge in [-0.3, -0.25) is 15.1 Å². The molecule has 302 valence electrons. The molecule has 2 heterocycles. The van der Waals surface area contributed by atoms with E-state index in [1.165, 1.54) is 24.3 Å². The summed E-state index contributed by atoms with van der Waals surface area (Å²) in [6.07, 6.45) is -8.42. The Bertz CT molecular complexity index is 2380. The van der Waals surface area contributed by atoms with Gasteiger partial charge in [0, 0.05) is 23.1 Å². The molecule has 2 aromatic heterocycles. The summed E-state index contributed by atoms with van der Waals surface area (Å²) in [4.78, 5) is 36.9. The van der Waals surface area contributed by atoms with Crippen molar-refractivity contribution in [3.63, 3.8) is 0 Å². The number of nitrogens with zero attached hydrogens (tertiary/aromatic N) is 5. The minimum atomic E-state index is -4.74. The van der Waals surface area contributed by atoms with Gasteiger partial charge in [-0.15, -0.1) is 0 Å². The highest BCUT2D eigenvalue weighted by Crippen LogP contribution is 2.49. The highest BCUT2D eigenvalue weighted by Gasteiger charge is 2.64. The van der Waals surface area contributed by atoms with E-state index in [2.05, 4.69) is 32.2 Å². The number of carbonyl (C=O) groups excluding carboxylic acids is 2. The number of guanidine groups is 1. The lowest BCUT2D eigenvalue weighted by molar-refractivity contribution is -0.164. The molecule has 5 aromatic rings. The number of hydrogen-bond donors (Lipinski definition) is 3. The van der Waals surface area contributed by atoms with Crippen LogP contribution in [0.4, 0.5) is 26.7 Å². The molecule has 2 amide bonds. The monoisotopic (exact) mass is 820 g/mol. The Morgan fingerprint density at radius 1 is 1.02 bits per heavy atom. The van der Waals surface area contributed by atoms with E-state index >= 15 is 0 Å². The summed E-state index contributed by atoms with van der Waals surface area (Å²) in [6.45, 7) is 5.41. The van der Waals surface area contributed by atoms with Gasteiger partial charge in [0.05, 0.1) is 22.3 Å². The maximum atomic E-state index is 14.7. The number of nitrogens with one attached hydrogen (secondary N) is 3. The molecule has 1 fully saturated rings. The van der Waals surface area contributed by atoms with Crippen molar-refractivity contribution >= 4 is 40.5 Å². The molecule has 0 saturated heterocycles. The van der Waals surface area contributed by atoms with Crippen molar-refractivity contribution in [1.29, 1.82) is 5.41 Å². The van der Waals surface area contributed by atoms with E-state index in [0.717, 1.165) is 21.5 Å². The molecule has 1 aliphatic carbocycles. The number of fused-ring (bicyclic) bond motifs is 1. The van der Waals surface area contributed by atoms with Crippen molar-refractivity contribution in [3.8, 4) is 17.5 Å². The van der Waals surface area contributed by atoms with Crippen molar-refractivity contribution < 1.29 is 36.3 Å². The smallest absolute Gasteiger partial charge is 0.411 e. The van der Waals surface area contributed by atoms with Crippen LogP contribution in [0.3, 0.4) is 0 Å². The van der Waals surface area contributed by atoms with Gasteiger partial charge >= 0.3 is 12.3 Å². The molecule has 1 atom stereocenters. The van der Waals surface area contributed by atoms with Crippen LogP contribution in [0.25, 0.3) is 16.6 Å². The molecule has 17 heteroatoms. The van der Waals surface area contributed by atoms with Gasteiger partial charge in [-0.05, 0) is 90.8 Å². The second-order valence-corrected chi connectivity index (χ2v) is 15.2. The molecule has 0 unspecified atom stereocenters. The summed E-state index contributed by atoms with van der Waals surface area (Å²) in [5.41, 5.74) is -0.726. The Morgan fingerprint density at radius 3 is 2.43 bits per heavy atom. The molecule has 0 radical (unpaired) electrons. The largest absolute Gasteiger partial charge is 0.447 e. The van der Waals surface area contributed by atoms with E-state index in [9.17, 15) is 37.0 Å². The van der Waals surface area contributed by atoms with E-state index < -0.39 is 54.6 Å². The summed E-state index contributed by atoms with van der Waals surface area (Å²) in [5, 5.41) is 18.4. The van der Waals surface area contributed by atoms with Crippen LogP contribution in [0.5, 0.6) is 0 Å². The van der Waals surface area contributed by atoms with Crippen molar-refractivity contribution in [3.05, 3.63) is 118 Å². The number of pyridine rings is 1. The number of alkyl halides is 5. The zero-order chi connectivity index (χ0) is 41.8. The molecule has 3 aromatic carbocycles. The van der Waals surface area contributed by atoms with Crippen LogP contribution in [0.1, 0.15) is 85.5 Å². The van der Waals surface area contributed by atoms with Crippen LogP contribution in [-0.4, -0.2) is 67.5 Å². The summed E-state index contributed by atoms with van der Waals surface area (Å²) in [6, 6.07) is 20.0. The molecular weight excluding hydrogens is 783 g/mol. The summed E-state index contributed by atoms with van der Waals surface area (Å²) < 4.78 is 75.3. The quantitative estimate of drug-likeness (QED) is 0.0555. The number of halogens is 6. The van der Waals surface area contributed by atoms with Crippen LogP contribution in [0, 0.1) is 22.7 Å².